The summed E-state index contributed by atoms with van der Waals surface area (Å²) in [5, 5.41) is 0. The average molecular weight is 323 g/mol. The zero-order valence-electron chi connectivity index (χ0n) is 10.4. The van der Waals surface area contributed by atoms with Crippen molar-refractivity contribution in [2.45, 2.75) is 17.6 Å². The highest BCUT2D eigenvalue weighted by atomic mass is 79.9. The average Bonchev–Trinajstić information content (AvgIpc) is 2.37. The van der Waals surface area contributed by atoms with Gasteiger partial charge in [0.1, 0.15) is 5.75 Å². The maximum Gasteiger partial charge on any atom is 0.122 e. The SMILES string of the molecule is COc1ccc(Br)cc1CSc1cccc(C)c1. The second-order valence-corrected chi connectivity index (χ2v) is 6.03. The summed E-state index contributed by atoms with van der Waals surface area (Å²) in [6.45, 7) is 2.11. The Morgan fingerprint density at radius 1 is 1.17 bits per heavy atom. The summed E-state index contributed by atoms with van der Waals surface area (Å²) in [6.07, 6.45) is 0. The number of benzene rings is 2. The molecule has 0 amide bonds. The number of methoxy groups -OCH3 is 1. The van der Waals surface area contributed by atoms with Gasteiger partial charge in [-0.1, -0.05) is 33.6 Å². The molecule has 0 radical (unpaired) electrons. The second kappa shape index (κ2) is 6.30. The van der Waals surface area contributed by atoms with Gasteiger partial charge in [-0.2, -0.15) is 0 Å². The van der Waals surface area contributed by atoms with Crippen LogP contribution in [-0.4, -0.2) is 7.11 Å². The highest BCUT2D eigenvalue weighted by Crippen LogP contribution is 2.30. The molecule has 0 spiro atoms. The van der Waals surface area contributed by atoms with E-state index in [-0.39, 0.29) is 0 Å². The van der Waals surface area contributed by atoms with Gasteiger partial charge in [0.25, 0.3) is 0 Å². The van der Waals surface area contributed by atoms with Gasteiger partial charge in [0, 0.05) is 20.7 Å². The number of aryl methyl sites for hydroxylation is 1. The van der Waals surface area contributed by atoms with E-state index in [0.29, 0.717) is 0 Å². The molecule has 0 unspecified atom stereocenters. The van der Waals surface area contributed by atoms with Crippen molar-refractivity contribution < 1.29 is 4.74 Å². The smallest absolute Gasteiger partial charge is 0.122 e. The molecule has 0 fully saturated rings. The first-order chi connectivity index (χ1) is 8.69. The summed E-state index contributed by atoms with van der Waals surface area (Å²) < 4.78 is 6.46. The molecule has 94 valence electrons. The maximum absolute atomic E-state index is 5.38. The van der Waals surface area contributed by atoms with Crippen LogP contribution >= 0.6 is 27.7 Å². The van der Waals surface area contributed by atoms with Crippen LogP contribution in [0.5, 0.6) is 5.75 Å². The van der Waals surface area contributed by atoms with Gasteiger partial charge in [-0.3, -0.25) is 0 Å². The third-order valence-corrected chi connectivity index (χ3v) is 4.16. The molecule has 2 rings (SSSR count). The van der Waals surface area contributed by atoms with E-state index in [2.05, 4.69) is 53.2 Å². The van der Waals surface area contributed by atoms with Gasteiger partial charge in [0.15, 0.2) is 0 Å². The van der Waals surface area contributed by atoms with E-state index < -0.39 is 0 Å². The molecule has 0 bridgehead atoms. The van der Waals surface area contributed by atoms with Gasteiger partial charge < -0.3 is 4.74 Å². The minimum atomic E-state index is 0.909. The van der Waals surface area contributed by atoms with Crippen LogP contribution in [0.2, 0.25) is 0 Å². The second-order valence-electron chi connectivity index (χ2n) is 4.06. The van der Waals surface area contributed by atoms with Gasteiger partial charge in [-0.25, -0.2) is 0 Å². The minimum absolute atomic E-state index is 0.909. The third-order valence-electron chi connectivity index (χ3n) is 2.63. The van der Waals surface area contributed by atoms with E-state index in [9.17, 15) is 0 Å². The molecule has 0 aliphatic heterocycles. The van der Waals surface area contributed by atoms with E-state index >= 15 is 0 Å². The van der Waals surface area contributed by atoms with Gasteiger partial charge >= 0.3 is 0 Å². The van der Waals surface area contributed by atoms with Crippen LogP contribution in [0.3, 0.4) is 0 Å². The Kier molecular flexibility index (Phi) is 4.72. The quantitative estimate of drug-likeness (QED) is 0.728. The zero-order chi connectivity index (χ0) is 13.0. The fourth-order valence-corrected chi connectivity index (χ4v) is 3.13. The van der Waals surface area contributed by atoms with Crippen LogP contribution in [0.4, 0.5) is 0 Å². The van der Waals surface area contributed by atoms with Crippen molar-refractivity contribution >= 4 is 27.7 Å². The maximum atomic E-state index is 5.38. The van der Waals surface area contributed by atoms with Gasteiger partial charge in [-0.05, 0) is 37.3 Å². The molecule has 0 saturated carbocycles. The molecular formula is C15H15BrOS. The summed E-state index contributed by atoms with van der Waals surface area (Å²) in [7, 11) is 1.71. The Balaban J connectivity index is 2.12. The normalized spacial score (nSPS) is 10.4. The van der Waals surface area contributed by atoms with Crippen molar-refractivity contribution in [3.8, 4) is 5.75 Å². The first-order valence-electron chi connectivity index (χ1n) is 5.71. The number of rotatable bonds is 4. The van der Waals surface area contributed by atoms with E-state index in [4.69, 9.17) is 4.74 Å². The van der Waals surface area contributed by atoms with Gasteiger partial charge in [-0.15, -0.1) is 11.8 Å². The predicted octanol–water partition coefficient (Wildman–Crippen LogP) is 5.06. The third kappa shape index (κ3) is 3.53. The Morgan fingerprint density at radius 2 is 2.00 bits per heavy atom. The number of hydrogen-bond donors (Lipinski definition) is 0. The van der Waals surface area contributed by atoms with E-state index in [0.717, 1.165) is 16.0 Å². The topological polar surface area (TPSA) is 9.23 Å². The zero-order valence-corrected chi connectivity index (χ0v) is 12.8. The van der Waals surface area contributed by atoms with Crippen LogP contribution in [0.25, 0.3) is 0 Å². The van der Waals surface area contributed by atoms with Crippen molar-refractivity contribution in [3.63, 3.8) is 0 Å². The Bertz CT molecular complexity index is 540. The summed E-state index contributed by atoms with van der Waals surface area (Å²) in [4.78, 5) is 1.29. The molecule has 2 aromatic carbocycles. The molecular weight excluding hydrogens is 308 g/mol. The highest BCUT2D eigenvalue weighted by molar-refractivity contribution is 9.10. The molecule has 3 heteroatoms. The summed E-state index contributed by atoms with van der Waals surface area (Å²) in [5.41, 5.74) is 2.50. The first kappa shape index (κ1) is 13.5. The van der Waals surface area contributed by atoms with Crippen molar-refractivity contribution in [1.82, 2.24) is 0 Å². The Labute approximate surface area is 121 Å². The minimum Gasteiger partial charge on any atom is -0.496 e. The lowest BCUT2D eigenvalue weighted by Gasteiger charge is -2.09. The van der Waals surface area contributed by atoms with Crippen LogP contribution in [-0.2, 0) is 5.75 Å². The number of halogens is 1. The molecule has 0 atom stereocenters. The molecule has 0 saturated heterocycles. The lowest BCUT2D eigenvalue weighted by molar-refractivity contribution is 0.411. The Morgan fingerprint density at radius 3 is 2.72 bits per heavy atom. The van der Waals surface area contributed by atoms with E-state index in [1.165, 1.54) is 16.0 Å². The van der Waals surface area contributed by atoms with Crippen molar-refractivity contribution in [2.75, 3.05) is 7.11 Å². The fraction of sp³-hybridized carbons (Fsp3) is 0.200. The van der Waals surface area contributed by atoms with Crippen LogP contribution in [0, 0.1) is 6.92 Å². The largest absolute Gasteiger partial charge is 0.496 e. The summed E-state index contributed by atoms with van der Waals surface area (Å²) in [5.74, 6) is 1.85. The molecule has 0 N–H and O–H groups in total. The molecule has 0 aromatic heterocycles. The van der Waals surface area contributed by atoms with E-state index in [1.807, 2.05) is 23.9 Å². The highest BCUT2D eigenvalue weighted by Gasteiger charge is 2.04. The molecule has 2 aromatic rings. The van der Waals surface area contributed by atoms with Gasteiger partial charge in [0.2, 0.25) is 0 Å². The fourth-order valence-electron chi connectivity index (χ4n) is 1.73. The monoisotopic (exact) mass is 322 g/mol. The lowest BCUT2D eigenvalue weighted by Crippen LogP contribution is -1.90. The standard InChI is InChI=1S/C15H15BrOS/c1-11-4-3-5-14(8-11)18-10-12-9-13(16)6-7-15(12)17-2/h3-9H,10H2,1-2H3. The molecule has 0 heterocycles. The number of hydrogen-bond acceptors (Lipinski definition) is 2. The summed E-state index contributed by atoms with van der Waals surface area (Å²) >= 11 is 5.32. The molecule has 1 nitrogen and oxygen atoms in total. The number of ether oxygens (including phenoxy) is 1. The summed E-state index contributed by atoms with van der Waals surface area (Å²) in [6, 6.07) is 14.7. The van der Waals surface area contributed by atoms with Crippen molar-refractivity contribution in [3.05, 3.63) is 58.1 Å². The van der Waals surface area contributed by atoms with Crippen LogP contribution in [0.1, 0.15) is 11.1 Å². The lowest BCUT2D eigenvalue weighted by atomic mass is 10.2. The van der Waals surface area contributed by atoms with Crippen molar-refractivity contribution in [2.24, 2.45) is 0 Å². The van der Waals surface area contributed by atoms with Crippen LogP contribution < -0.4 is 4.74 Å². The number of thioether (sulfide) groups is 1. The molecule has 0 aliphatic carbocycles. The van der Waals surface area contributed by atoms with Crippen molar-refractivity contribution in [1.29, 1.82) is 0 Å². The van der Waals surface area contributed by atoms with E-state index in [1.54, 1.807) is 7.11 Å². The Hall–Kier alpha value is -0.930. The predicted molar refractivity (Wildman–Crippen MR) is 81.4 cm³/mol. The van der Waals surface area contributed by atoms with Gasteiger partial charge in [0.05, 0.1) is 7.11 Å². The van der Waals surface area contributed by atoms with Crippen LogP contribution in [0.15, 0.2) is 51.8 Å². The molecule has 18 heavy (non-hydrogen) atoms. The molecule has 0 aliphatic rings. The first-order valence-corrected chi connectivity index (χ1v) is 7.49.